The molecule has 2 heterocycles. The van der Waals surface area contributed by atoms with Gasteiger partial charge in [0, 0.05) is 44.0 Å². The van der Waals surface area contributed by atoms with Crippen molar-refractivity contribution in [2.45, 2.75) is 50.3 Å². The van der Waals surface area contributed by atoms with E-state index in [9.17, 15) is 14.7 Å². The zero-order valence-electron chi connectivity index (χ0n) is 14.0. The number of ether oxygens (including phenoxy) is 1. The molecule has 1 aliphatic carbocycles. The molecule has 0 radical (unpaired) electrons. The summed E-state index contributed by atoms with van der Waals surface area (Å²) in [5.74, 6) is 1.49. The molecule has 1 saturated heterocycles. The molecule has 1 unspecified atom stereocenters. The molecule has 0 bridgehead atoms. The maximum Gasteiger partial charge on any atom is 0.137 e. The summed E-state index contributed by atoms with van der Waals surface area (Å²) in [6.45, 7) is 2.74. The molecule has 5 nitrogen and oxygen atoms in total. The van der Waals surface area contributed by atoms with Crippen LogP contribution in [-0.4, -0.2) is 41.3 Å². The number of aliphatic hydroxyl groups excluding tert-OH is 1. The first-order valence-corrected chi connectivity index (χ1v) is 8.77. The monoisotopic (exact) mass is 336 g/mol. The summed E-state index contributed by atoms with van der Waals surface area (Å²) in [4.78, 5) is 2.04. The van der Waals surface area contributed by atoms with Crippen LogP contribution in [0.15, 0.2) is 12.1 Å². The maximum absolute atomic E-state index is 14.2. The Kier molecular flexibility index (Phi) is 3.65. The van der Waals surface area contributed by atoms with Crippen LogP contribution in [0.3, 0.4) is 0 Å². The molecule has 24 heavy (non-hydrogen) atoms. The van der Waals surface area contributed by atoms with Crippen molar-refractivity contribution in [2.75, 3.05) is 30.1 Å². The lowest BCUT2D eigenvalue weighted by Crippen LogP contribution is -2.44. The number of hydrogen-bond donors (Lipinski definition) is 3. The minimum atomic E-state index is -1.49. The molecule has 0 spiro atoms. The molecule has 4 rings (SSSR count). The van der Waals surface area contributed by atoms with E-state index in [0.29, 0.717) is 24.7 Å². The fourth-order valence-electron chi connectivity index (χ4n) is 4.09. The van der Waals surface area contributed by atoms with E-state index in [1.165, 1.54) is 12.8 Å². The maximum atomic E-state index is 14.2. The standard InChI is InChI=1S/C18H25FN2O3/c1-17(13-2-3-13)10-12-8-14(20-23)15(9-16(12)24-17)21-6-4-18(19,11-22)5-7-21/h8-9,13,20,22-23H,2-7,10-11H2,1H3. The predicted octanol–water partition coefficient (Wildman–Crippen LogP) is 2.89. The molecule has 132 valence electrons. The minimum Gasteiger partial charge on any atom is -0.487 e. The smallest absolute Gasteiger partial charge is 0.137 e. The summed E-state index contributed by atoms with van der Waals surface area (Å²) in [6.07, 6.45) is 3.86. The van der Waals surface area contributed by atoms with E-state index >= 15 is 0 Å². The van der Waals surface area contributed by atoms with E-state index in [2.05, 4.69) is 12.4 Å². The van der Waals surface area contributed by atoms with Crippen LogP contribution in [0.2, 0.25) is 0 Å². The lowest BCUT2D eigenvalue weighted by molar-refractivity contribution is 0.0481. The normalized spacial score (nSPS) is 28.4. The highest BCUT2D eigenvalue weighted by molar-refractivity contribution is 5.74. The van der Waals surface area contributed by atoms with E-state index in [1.54, 1.807) is 0 Å². The second-order valence-corrected chi connectivity index (χ2v) is 7.75. The van der Waals surface area contributed by atoms with Crippen LogP contribution in [0.1, 0.15) is 38.2 Å². The zero-order valence-corrected chi connectivity index (χ0v) is 14.0. The molecule has 0 aromatic heterocycles. The number of alkyl halides is 1. The number of nitrogens with zero attached hydrogens (tertiary/aromatic N) is 1. The van der Waals surface area contributed by atoms with Crippen LogP contribution in [0.4, 0.5) is 15.8 Å². The summed E-state index contributed by atoms with van der Waals surface area (Å²) in [6, 6.07) is 3.91. The van der Waals surface area contributed by atoms with Crippen LogP contribution in [0, 0.1) is 5.92 Å². The van der Waals surface area contributed by atoms with E-state index < -0.39 is 12.3 Å². The van der Waals surface area contributed by atoms with Crippen molar-refractivity contribution in [1.29, 1.82) is 0 Å². The van der Waals surface area contributed by atoms with Gasteiger partial charge in [-0.15, -0.1) is 0 Å². The third-order valence-corrected chi connectivity index (χ3v) is 5.91. The van der Waals surface area contributed by atoms with Gasteiger partial charge in [0.1, 0.15) is 17.0 Å². The molecule has 6 heteroatoms. The Bertz CT molecular complexity index is 641. The molecule has 1 atom stereocenters. The fourth-order valence-corrected chi connectivity index (χ4v) is 4.09. The summed E-state index contributed by atoms with van der Waals surface area (Å²) < 4.78 is 20.5. The van der Waals surface area contributed by atoms with Crippen molar-refractivity contribution in [2.24, 2.45) is 5.92 Å². The van der Waals surface area contributed by atoms with E-state index in [0.717, 1.165) is 23.4 Å². The van der Waals surface area contributed by atoms with Crippen LogP contribution in [-0.2, 0) is 6.42 Å². The molecule has 1 saturated carbocycles. The zero-order chi connectivity index (χ0) is 16.9. The van der Waals surface area contributed by atoms with Gasteiger partial charge in [0.2, 0.25) is 0 Å². The number of fused-ring (bicyclic) bond motifs is 1. The second-order valence-electron chi connectivity index (χ2n) is 7.75. The number of nitrogens with one attached hydrogen (secondary N) is 1. The quantitative estimate of drug-likeness (QED) is 0.738. The van der Waals surface area contributed by atoms with E-state index in [4.69, 9.17) is 4.74 Å². The number of anilines is 2. The van der Waals surface area contributed by atoms with Crippen molar-refractivity contribution in [1.82, 2.24) is 0 Å². The van der Waals surface area contributed by atoms with Crippen molar-refractivity contribution in [3.05, 3.63) is 17.7 Å². The van der Waals surface area contributed by atoms with Gasteiger partial charge in [-0.05, 0) is 31.7 Å². The molecule has 2 aliphatic heterocycles. The Hall–Kier alpha value is -1.53. The summed E-state index contributed by atoms with van der Waals surface area (Å²) in [7, 11) is 0. The second kappa shape index (κ2) is 5.49. The van der Waals surface area contributed by atoms with Crippen LogP contribution < -0.4 is 15.1 Å². The fraction of sp³-hybridized carbons (Fsp3) is 0.667. The van der Waals surface area contributed by atoms with Gasteiger partial charge in [-0.25, -0.2) is 4.39 Å². The van der Waals surface area contributed by atoms with Crippen molar-refractivity contribution >= 4 is 11.4 Å². The summed E-state index contributed by atoms with van der Waals surface area (Å²) >= 11 is 0. The topological polar surface area (TPSA) is 65.0 Å². The van der Waals surface area contributed by atoms with Gasteiger partial charge in [-0.1, -0.05) is 0 Å². The molecule has 0 amide bonds. The Labute approximate surface area is 141 Å². The van der Waals surface area contributed by atoms with Crippen molar-refractivity contribution < 1.29 is 19.4 Å². The molecule has 3 aliphatic rings. The van der Waals surface area contributed by atoms with E-state index in [1.807, 2.05) is 17.0 Å². The highest BCUT2D eigenvalue weighted by Crippen LogP contribution is 2.50. The Morgan fingerprint density at radius 1 is 1.33 bits per heavy atom. The number of hydrogen-bond acceptors (Lipinski definition) is 5. The highest BCUT2D eigenvalue weighted by atomic mass is 19.1. The number of piperidine rings is 1. The van der Waals surface area contributed by atoms with E-state index in [-0.39, 0.29) is 18.4 Å². The van der Waals surface area contributed by atoms with Crippen LogP contribution in [0.5, 0.6) is 5.75 Å². The Morgan fingerprint density at radius 3 is 2.62 bits per heavy atom. The first kappa shape index (κ1) is 16.0. The lowest BCUT2D eigenvalue weighted by atomic mass is 9.92. The number of aliphatic hydroxyl groups is 1. The number of halogens is 1. The van der Waals surface area contributed by atoms with Crippen LogP contribution in [0.25, 0.3) is 0 Å². The average Bonchev–Trinajstić information content (AvgIpc) is 3.38. The molecular weight excluding hydrogens is 311 g/mol. The molecular formula is C18H25FN2O3. The highest BCUT2D eigenvalue weighted by Gasteiger charge is 2.47. The lowest BCUT2D eigenvalue weighted by Gasteiger charge is -2.37. The van der Waals surface area contributed by atoms with Gasteiger partial charge in [0.25, 0.3) is 0 Å². The third-order valence-electron chi connectivity index (χ3n) is 5.91. The van der Waals surface area contributed by atoms with Crippen LogP contribution >= 0.6 is 0 Å². The predicted molar refractivity (Wildman–Crippen MR) is 89.7 cm³/mol. The third kappa shape index (κ3) is 2.62. The summed E-state index contributed by atoms with van der Waals surface area (Å²) in [5.41, 5.74) is 3.24. The van der Waals surface area contributed by atoms with Gasteiger partial charge < -0.3 is 14.7 Å². The Balaban J connectivity index is 1.59. The molecule has 1 aromatic rings. The minimum absolute atomic E-state index is 0.138. The summed E-state index contributed by atoms with van der Waals surface area (Å²) in [5, 5.41) is 18.7. The number of benzene rings is 1. The van der Waals surface area contributed by atoms with Crippen molar-refractivity contribution in [3.63, 3.8) is 0 Å². The SMILES string of the molecule is CC1(C2CC2)Cc2cc(NO)c(N3CCC(F)(CO)CC3)cc2O1. The van der Waals surface area contributed by atoms with Gasteiger partial charge >= 0.3 is 0 Å². The molecule has 2 fully saturated rings. The van der Waals surface area contributed by atoms with Crippen molar-refractivity contribution in [3.8, 4) is 5.75 Å². The van der Waals surface area contributed by atoms with Gasteiger partial charge in [0.05, 0.1) is 18.0 Å². The van der Waals surface area contributed by atoms with Gasteiger partial charge in [-0.2, -0.15) is 0 Å². The van der Waals surface area contributed by atoms with Gasteiger partial charge in [-0.3, -0.25) is 10.7 Å². The molecule has 3 N–H and O–H groups in total. The number of rotatable bonds is 4. The molecule has 1 aromatic carbocycles. The average molecular weight is 336 g/mol. The largest absolute Gasteiger partial charge is 0.487 e. The Morgan fingerprint density at radius 2 is 2.04 bits per heavy atom. The first-order valence-electron chi connectivity index (χ1n) is 8.77. The van der Waals surface area contributed by atoms with Gasteiger partial charge in [0.15, 0.2) is 0 Å². The first-order chi connectivity index (χ1) is 11.5.